The number of aliphatic carboxylic acids is 2. The van der Waals surface area contributed by atoms with Gasteiger partial charge in [0.2, 0.25) is 0 Å². The molecule has 0 aliphatic heterocycles. The van der Waals surface area contributed by atoms with Gasteiger partial charge in [0, 0.05) is 12.4 Å². The average Bonchev–Trinajstić information content (AvgIpc) is 1.96. The number of nitrogens with zero attached hydrogens (tertiary/aromatic N) is 1. The Hall–Kier alpha value is -0.270. The van der Waals surface area contributed by atoms with E-state index in [2.05, 4.69) is 0 Å². The van der Waals surface area contributed by atoms with E-state index in [-0.39, 0.29) is 6.42 Å². The Balaban J connectivity index is 0. The number of aliphatic hydroxyl groups is 1. The number of rotatable bonds is 4. The van der Waals surface area contributed by atoms with E-state index in [0.29, 0.717) is 11.0 Å². The molecule has 0 unspecified atom stereocenters. The van der Waals surface area contributed by atoms with Crippen molar-refractivity contribution in [3.05, 3.63) is 0 Å². The van der Waals surface area contributed by atoms with E-state index in [1.165, 1.54) is 0 Å². The van der Waals surface area contributed by atoms with Crippen molar-refractivity contribution in [1.29, 1.82) is 0 Å². The van der Waals surface area contributed by atoms with Crippen LogP contribution >= 0.6 is 34.8 Å². The molecule has 0 spiro atoms. The Morgan fingerprint density at radius 1 is 1.28 bits per heavy atom. The minimum Gasteiger partial charge on any atom is -0.550 e. The van der Waals surface area contributed by atoms with Gasteiger partial charge in [-0.05, 0) is 0 Å². The van der Waals surface area contributed by atoms with Crippen LogP contribution in [0.1, 0.15) is 6.42 Å². The van der Waals surface area contributed by atoms with Crippen molar-refractivity contribution < 1.29 is 29.4 Å². The summed E-state index contributed by atoms with van der Waals surface area (Å²) in [6, 6.07) is 0. The number of aliphatic hydroxyl groups excluding tert-OH is 1. The van der Waals surface area contributed by atoms with E-state index in [1.807, 2.05) is 21.1 Å². The number of quaternary nitrogens is 1. The van der Waals surface area contributed by atoms with Crippen molar-refractivity contribution >= 4 is 46.7 Å². The van der Waals surface area contributed by atoms with Crippen molar-refractivity contribution in [3.8, 4) is 0 Å². The molecule has 108 valence electrons. The van der Waals surface area contributed by atoms with Crippen LogP contribution in [0, 0.1) is 0 Å². The number of hydrogen-bond donors (Lipinski definition) is 2. The van der Waals surface area contributed by atoms with Crippen molar-refractivity contribution in [3.63, 3.8) is 0 Å². The highest BCUT2D eigenvalue weighted by Gasteiger charge is 2.29. The van der Waals surface area contributed by atoms with Crippen LogP contribution in [0.15, 0.2) is 0 Å². The highest BCUT2D eigenvalue weighted by Crippen LogP contribution is 2.25. The summed E-state index contributed by atoms with van der Waals surface area (Å²) in [4.78, 5) is 19.6. The first kappa shape index (κ1) is 20.1. The molecule has 0 saturated heterocycles. The molecule has 0 bridgehead atoms. The molecule has 1 atom stereocenters. The molecule has 6 nitrogen and oxygen atoms in total. The normalized spacial score (nSPS) is 13.3. The molecule has 0 fully saturated rings. The summed E-state index contributed by atoms with van der Waals surface area (Å²) in [5, 5.41) is 27.0. The fourth-order valence-corrected chi connectivity index (χ4v) is 0.889. The van der Waals surface area contributed by atoms with E-state index in [9.17, 15) is 14.7 Å². The molecule has 0 aromatic heterocycles. The number of halogens is 3. The molecule has 0 aliphatic carbocycles. The van der Waals surface area contributed by atoms with Gasteiger partial charge in [0.1, 0.15) is 12.6 Å². The van der Waals surface area contributed by atoms with E-state index in [0.717, 1.165) is 0 Å². The number of carboxylic acids is 2. The van der Waals surface area contributed by atoms with E-state index in [1.54, 1.807) is 0 Å². The molecule has 18 heavy (non-hydrogen) atoms. The van der Waals surface area contributed by atoms with E-state index >= 15 is 0 Å². The van der Waals surface area contributed by atoms with Crippen LogP contribution in [-0.4, -0.2) is 64.2 Å². The lowest BCUT2D eigenvalue weighted by Gasteiger charge is -2.26. The summed E-state index contributed by atoms with van der Waals surface area (Å²) < 4.78 is -1.62. The van der Waals surface area contributed by atoms with Gasteiger partial charge in [0.25, 0.3) is 3.79 Å². The van der Waals surface area contributed by atoms with Gasteiger partial charge in [-0.1, -0.05) is 34.8 Å². The predicted octanol–water partition coefficient (Wildman–Crippen LogP) is -0.365. The van der Waals surface area contributed by atoms with Crippen LogP contribution in [0.2, 0.25) is 0 Å². The van der Waals surface area contributed by atoms with E-state index in [4.69, 9.17) is 45.0 Å². The molecular formula is C9H16Cl3NO5. The highest BCUT2D eigenvalue weighted by molar-refractivity contribution is 6.75. The Morgan fingerprint density at radius 3 is 1.78 bits per heavy atom. The van der Waals surface area contributed by atoms with Crippen LogP contribution in [0.5, 0.6) is 0 Å². The second-order valence-corrected chi connectivity index (χ2v) is 6.79. The smallest absolute Gasteiger partial charge is 0.356 e. The van der Waals surface area contributed by atoms with Crippen LogP contribution in [0.3, 0.4) is 0 Å². The first-order chi connectivity index (χ1) is 7.75. The topological polar surface area (TPSA) is 97.7 Å². The van der Waals surface area contributed by atoms with Gasteiger partial charge in [0.15, 0.2) is 0 Å². The molecular weight excluding hydrogens is 308 g/mol. The van der Waals surface area contributed by atoms with Gasteiger partial charge in [0.05, 0.1) is 21.1 Å². The van der Waals surface area contributed by atoms with Crippen LogP contribution < -0.4 is 5.11 Å². The summed E-state index contributed by atoms with van der Waals surface area (Å²) >= 11 is 14.4. The third kappa shape index (κ3) is 15.7. The number of alkyl halides is 3. The average molecular weight is 325 g/mol. The maximum absolute atomic E-state index is 10.0. The lowest BCUT2D eigenvalue weighted by Crippen LogP contribution is -2.43. The predicted molar refractivity (Wildman–Crippen MR) is 66.5 cm³/mol. The molecule has 0 aromatic carbocycles. The standard InChI is InChI=1S/C7H15NO3.C2HCl3O2/c1-8(2,3)5-6(9)4-7(10)11;3-2(4,5)1(6)7/h6,9H,4-5H2,1-3H3;(H,6,7)/t6-;/m1./s1. The Bertz CT molecular complexity index is 285. The number of hydrogen-bond acceptors (Lipinski definition) is 4. The second kappa shape index (κ2) is 8.01. The molecule has 0 rings (SSSR count). The lowest BCUT2D eigenvalue weighted by molar-refractivity contribution is -0.873. The molecule has 0 amide bonds. The first-order valence-corrected chi connectivity index (χ1v) is 5.87. The Morgan fingerprint density at radius 2 is 1.61 bits per heavy atom. The second-order valence-electron chi connectivity index (χ2n) is 4.51. The van der Waals surface area contributed by atoms with E-state index < -0.39 is 21.8 Å². The Labute approximate surface area is 120 Å². The van der Waals surface area contributed by atoms with Crippen molar-refractivity contribution in [1.82, 2.24) is 0 Å². The fraction of sp³-hybridized carbons (Fsp3) is 0.778. The summed E-state index contributed by atoms with van der Waals surface area (Å²) in [6.07, 6.45) is -1.09. The van der Waals surface area contributed by atoms with Crippen LogP contribution in [0.4, 0.5) is 0 Å². The largest absolute Gasteiger partial charge is 0.550 e. The maximum atomic E-state index is 10.0. The zero-order valence-corrected chi connectivity index (χ0v) is 12.5. The summed E-state index contributed by atoms with van der Waals surface area (Å²) in [6.45, 7) is 0.425. The lowest BCUT2D eigenvalue weighted by atomic mass is 10.2. The zero-order chi connectivity index (χ0) is 15.1. The van der Waals surface area contributed by atoms with Crippen molar-refractivity contribution in [2.45, 2.75) is 16.3 Å². The van der Waals surface area contributed by atoms with Crippen LogP contribution in [-0.2, 0) is 9.59 Å². The molecule has 0 saturated carbocycles. The number of carboxylic acid groups (broad SMARTS) is 2. The third-order valence-electron chi connectivity index (χ3n) is 1.40. The van der Waals surface area contributed by atoms with Gasteiger partial charge >= 0.3 is 5.97 Å². The van der Waals surface area contributed by atoms with Gasteiger partial charge in [-0.25, -0.2) is 4.79 Å². The summed E-state index contributed by atoms with van der Waals surface area (Å²) in [7, 11) is 5.66. The molecule has 9 heteroatoms. The number of carbonyl (C=O) groups excluding carboxylic acids is 1. The van der Waals surface area contributed by atoms with Crippen LogP contribution in [0.25, 0.3) is 0 Å². The van der Waals surface area contributed by atoms with Gasteiger partial charge in [-0.3, -0.25) is 0 Å². The highest BCUT2D eigenvalue weighted by atomic mass is 35.6. The SMILES string of the molecule is C[N+](C)(C)C[C@H](O)CC(=O)[O-].O=C(O)C(Cl)(Cl)Cl. The monoisotopic (exact) mass is 323 g/mol. The number of likely N-dealkylation sites (N-methyl/N-ethyl adjacent to an activating group) is 1. The molecule has 0 heterocycles. The van der Waals surface area contributed by atoms with Gasteiger partial charge in [-0.15, -0.1) is 0 Å². The molecule has 2 N–H and O–H groups in total. The van der Waals surface area contributed by atoms with Gasteiger partial charge in [-0.2, -0.15) is 0 Å². The summed E-state index contributed by atoms with van der Waals surface area (Å²) in [5.74, 6) is -2.66. The molecule has 0 aliphatic rings. The minimum absolute atomic E-state index is 0.282. The summed E-state index contributed by atoms with van der Waals surface area (Å²) in [5.41, 5.74) is 0. The quantitative estimate of drug-likeness (QED) is 0.543. The fourth-order valence-electron chi connectivity index (χ4n) is 0.889. The zero-order valence-electron chi connectivity index (χ0n) is 10.2. The minimum atomic E-state index is -2.17. The number of carbonyl (C=O) groups is 2. The first-order valence-electron chi connectivity index (χ1n) is 4.74. The molecule has 0 aromatic rings. The Kier molecular flexibility index (Phi) is 8.93. The molecule has 0 radical (unpaired) electrons. The van der Waals surface area contributed by atoms with Crippen molar-refractivity contribution in [2.75, 3.05) is 27.7 Å². The maximum Gasteiger partial charge on any atom is 0.356 e. The third-order valence-corrected chi connectivity index (χ3v) is 1.89. The van der Waals surface area contributed by atoms with Gasteiger partial charge < -0.3 is 24.6 Å². The van der Waals surface area contributed by atoms with Crippen molar-refractivity contribution in [2.24, 2.45) is 0 Å².